The van der Waals surface area contributed by atoms with Crippen LogP contribution in [0.2, 0.25) is 0 Å². The van der Waals surface area contributed by atoms with Gasteiger partial charge in [0.2, 0.25) is 5.78 Å². The molecule has 0 atom stereocenters. The van der Waals surface area contributed by atoms with E-state index in [4.69, 9.17) is 0 Å². The molecule has 0 bridgehead atoms. The number of allylic oxidation sites excluding steroid dienone is 10. The van der Waals surface area contributed by atoms with E-state index in [1.54, 1.807) is 42.5 Å². The third-order valence-electron chi connectivity index (χ3n) is 2.99. The fourth-order valence-electron chi connectivity index (χ4n) is 2.04. The second-order valence-electron chi connectivity index (χ2n) is 4.19. The predicted octanol–water partition coefficient (Wildman–Crippen LogP) is 2.34. The van der Waals surface area contributed by atoms with Crippen molar-refractivity contribution in [2.45, 2.75) is 6.42 Å². The van der Waals surface area contributed by atoms with Crippen molar-refractivity contribution in [2.75, 3.05) is 0 Å². The highest BCUT2D eigenvalue weighted by molar-refractivity contribution is 6.35. The van der Waals surface area contributed by atoms with Crippen molar-refractivity contribution < 1.29 is 14.4 Å². The molecule has 0 aromatic carbocycles. The standard InChI is InChI=1S/C17H12O3/c1-2-3-5-8-14-15(11-18)17(20)13-10-7-4-6-9-12(13)16(14)19/h2-7,9,11H,1,8H2/b5-3-. The first kappa shape index (κ1) is 13.7. The summed E-state index contributed by atoms with van der Waals surface area (Å²) in [5.41, 5.74) is 3.32. The molecule has 0 saturated heterocycles. The zero-order valence-electron chi connectivity index (χ0n) is 10.8. The lowest BCUT2D eigenvalue weighted by Crippen LogP contribution is -2.25. The SMILES string of the molecule is C=C/C=C\CC1=C(C=O)C(=O)C2=C=CC=CC=C2C1=O. The lowest BCUT2D eigenvalue weighted by molar-refractivity contribution is -0.118. The summed E-state index contributed by atoms with van der Waals surface area (Å²) >= 11 is 0. The average Bonchev–Trinajstić information content (AvgIpc) is 2.70. The van der Waals surface area contributed by atoms with E-state index < -0.39 is 5.78 Å². The Morgan fingerprint density at radius 1 is 1.20 bits per heavy atom. The summed E-state index contributed by atoms with van der Waals surface area (Å²) in [5, 5.41) is 0. The normalized spacial score (nSPS) is 17.8. The van der Waals surface area contributed by atoms with E-state index >= 15 is 0 Å². The van der Waals surface area contributed by atoms with Gasteiger partial charge in [0.05, 0.1) is 11.1 Å². The van der Waals surface area contributed by atoms with Crippen LogP contribution >= 0.6 is 0 Å². The van der Waals surface area contributed by atoms with Crippen LogP contribution in [-0.2, 0) is 14.4 Å². The van der Waals surface area contributed by atoms with Gasteiger partial charge in [0.1, 0.15) is 0 Å². The Morgan fingerprint density at radius 2 is 2.00 bits per heavy atom. The van der Waals surface area contributed by atoms with Gasteiger partial charge in [0.15, 0.2) is 12.1 Å². The Bertz CT molecular complexity index is 688. The molecular weight excluding hydrogens is 252 g/mol. The summed E-state index contributed by atoms with van der Waals surface area (Å²) in [6.45, 7) is 3.53. The van der Waals surface area contributed by atoms with Crippen molar-refractivity contribution in [1.29, 1.82) is 0 Å². The van der Waals surface area contributed by atoms with Crippen molar-refractivity contribution in [3.8, 4) is 0 Å². The van der Waals surface area contributed by atoms with Crippen LogP contribution in [0.25, 0.3) is 0 Å². The third-order valence-corrected chi connectivity index (χ3v) is 2.99. The molecule has 0 aromatic heterocycles. The molecule has 0 saturated carbocycles. The van der Waals surface area contributed by atoms with E-state index in [1.807, 2.05) is 0 Å². The first-order valence-electron chi connectivity index (χ1n) is 6.10. The van der Waals surface area contributed by atoms with Crippen molar-refractivity contribution >= 4 is 17.9 Å². The van der Waals surface area contributed by atoms with Gasteiger partial charge in [-0.25, -0.2) is 0 Å². The van der Waals surface area contributed by atoms with Gasteiger partial charge in [0, 0.05) is 11.1 Å². The molecule has 0 N–H and O–H groups in total. The minimum absolute atomic E-state index is 0.0846. The summed E-state index contributed by atoms with van der Waals surface area (Å²) in [6.07, 6.45) is 12.1. The number of rotatable bonds is 4. The molecule has 0 spiro atoms. The van der Waals surface area contributed by atoms with Crippen LogP contribution in [0.5, 0.6) is 0 Å². The number of ketones is 2. The summed E-state index contributed by atoms with van der Waals surface area (Å²) in [5.74, 6) is -0.754. The monoisotopic (exact) mass is 264 g/mol. The Hall–Kier alpha value is -2.77. The molecule has 2 aliphatic rings. The molecule has 0 radical (unpaired) electrons. The van der Waals surface area contributed by atoms with E-state index in [9.17, 15) is 14.4 Å². The van der Waals surface area contributed by atoms with Crippen molar-refractivity contribution in [1.82, 2.24) is 0 Å². The molecule has 0 unspecified atom stereocenters. The molecule has 0 aromatic rings. The maximum Gasteiger partial charge on any atom is 0.205 e. The maximum absolute atomic E-state index is 12.4. The van der Waals surface area contributed by atoms with Gasteiger partial charge in [-0.3, -0.25) is 14.4 Å². The summed E-state index contributed by atoms with van der Waals surface area (Å²) in [4.78, 5) is 35.8. The zero-order valence-corrected chi connectivity index (χ0v) is 10.8. The largest absolute Gasteiger partial charge is 0.298 e. The van der Waals surface area contributed by atoms with Crippen LogP contribution in [0, 0.1) is 0 Å². The molecule has 20 heavy (non-hydrogen) atoms. The van der Waals surface area contributed by atoms with Gasteiger partial charge in [-0.2, -0.15) is 0 Å². The van der Waals surface area contributed by atoms with Crippen molar-refractivity contribution in [3.63, 3.8) is 0 Å². The van der Waals surface area contributed by atoms with Gasteiger partial charge in [0.25, 0.3) is 0 Å². The Morgan fingerprint density at radius 3 is 2.70 bits per heavy atom. The lowest BCUT2D eigenvalue weighted by atomic mass is 9.81. The first-order valence-corrected chi connectivity index (χ1v) is 6.10. The highest BCUT2D eigenvalue weighted by Gasteiger charge is 2.33. The molecule has 0 amide bonds. The predicted molar refractivity (Wildman–Crippen MR) is 75.9 cm³/mol. The molecule has 3 nitrogen and oxygen atoms in total. The van der Waals surface area contributed by atoms with Gasteiger partial charge in [-0.15, -0.1) is 5.73 Å². The molecule has 2 rings (SSSR count). The molecule has 2 aliphatic carbocycles. The van der Waals surface area contributed by atoms with E-state index in [-0.39, 0.29) is 34.5 Å². The zero-order chi connectivity index (χ0) is 14.5. The topological polar surface area (TPSA) is 51.2 Å². The fourth-order valence-corrected chi connectivity index (χ4v) is 2.04. The van der Waals surface area contributed by atoms with E-state index in [0.717, 1.165) is 0 Å². The number of Topliss-reactive ketones (excluding diaryl/α,β-unsaturated/α-hetero) is 2. The van der Waals surface area contributed by atoms with E-state index in [2.05, 4.69) is 12.3 Å². The molecule has 0 fully saturated rings. The number of carbonyl (C=O) groups excluding carboxylic acids is 3. The molecular formula is C17H12O3. The minimum atomic E-state index is -0.451. The second-order valence-corrected chi connectivity index (χ2v) is 4.19. The summed E-state index contributed by atoms with van der Waals surface area (Å²) in [7, 11) is 0. The van der Waals surface area contributed by atoms with E-state index in [1.165, 1.54) is 0 Å². The van der Waals surface area contributed by atoms with Crippen molar-refractivity contribution in [3.05, 3.63) is 77.1 Å². The number of fused-ring (bicyclic) bond motifs is 1. The maximum atomic E-state index is 12.4. The summed E-state index contributed by atoms with van der Waals surface area (Å²) in [6, 6.07) is 0. The van der Waals surface area contributed by atoms with Crippen LogP contribution < -0.4 is 0 Å². The molecule has 0 aliphatic heterocycles. The highest BCUT2D eigenvalue weighted by Crippen LogP contribution is 2.29. The van der Waals surface area contributed by atoms with Gasteiger partial charge in [-0.1, -0.05) is 37.0 Å². The molecule has 3 heteroatoms. The van der Waals surface area contributed by atoms with Crippen molar-refractivity contribution in [2.24, 2.45) is 0 Å². The Balaban J connectivity index is 2.59. The number of hydrogen-bond acceptors (Lipinski definition) is 3. The average molecular weight is 264 g/mol. The first-order chi connectivity index (χ1) is 9.70. The van der Waals surface area contributed by atoms with Crippen LogP contribution in [0.15, 0.2) is 77.1 Å². The molecule has 0 heterocycles. The number of hydrogen-bond donors (Lipinski definition) is 0. The van der Waals surface area contributed by atoms with Crippen LogP contribution in [0.3, 0.4) is 0 Å². The van der Waals surface area contributed by atoms with Crippen LogP contribution in [0.4, 0.5) is 0 Å². The second kappa shape index (κ2) is 5.91. The third kappa shape index (κ3) is 2.35. The highest BCUT2D eigenvalue weighted by atomic mass is 16.1. The van der Waals surface area contributed by atoms with Gasteiger partial charge in [-0.05, 0) is 18.6 Å². The summed E-state index contributed by atoms with van der Waals surface area (Å²) < 4.78 is 0. The van der Waals surface area contributed by atoms with Crippen LogP contribution in [0.1, 0.15) is 6.42 Å². The minimum Gasteiger partial charge on any atom is -0.298 e. The smallest absolute Gasteiger partial charge is 0.205 e. The van der Waals surface area contributed by atoms with Gasteiger partial charge < -0.3 is 0 Å². The van der Waals surface area contributed by atoms with E-state index in [0.29, 0.717) is 6.29 Å². The number of carbonyl (C=O) groups is 3. The Kier molecular flexibility index (Phi) is 4.04. The lowest BCUT2D eigenvalue weighted by Gasteiger charge is -2.17. The fraction of sp³-hybridized carbons (Fsp3) is 0.0588. The Labute approximate surface area is 116 Å². The van der Waals surface area contributed by atoms with Gasteiger partial charge >= 0.3 is 0 Å². The molecule has 98 valence electrons. The number of aldehydes is 1. The van der Waals surface area contributed by atoms with Crippen LogP contribution in [-0.4, -0.2) is 17.9 Å². The quantitative estimate of drug-likeness (QED) is 0.339.